The van der Waals surface area contributed by atoms with Crippen LogP contribution in [0.2, 0.25) is 0 Å². The number of ether oxygens (including phenoxy) is 3. The molecule has 0 atom stereocenters. The van der Waals surface area contributed by atoms with E-state index >= 15 is 0 Å². The molecule has 0 heterocycles. The van der Waals surface area contributed by atoms with Gasteiger partial charge in [0.2, 0.25) is 0 Å². The average Bonchev–Trinajstić information content (AvgIpc) is 3.43. The van der Waals surface area contributed by atoms with E-state index in [9.17, 15) is 14.4 Å². The fraction of sp³-hybridized carbons (Fsp3) is 0.960. The van der Waals surface area contributed by atoms with Crippen LogP contribution in [-0.2, 0) is 28.6 Å². The van der Waals surface area contributed by atoms with E-state index in [1.165, 1.54) is 308 Å². The van der Waals surface area contributed by atoms with Crippen molar-refractivity contribution in [2.24, 2.45) is 17.8 Å². The van der Waals surface area contributed by atoms with Crippen LogP contribution < -0.4 is 0 Å². The van der Waals surface area contributed by atoms with E-state index in [0.29, 0.717) is 19.3 Å². The van der Waals surface area contributed by atoms with Crippen molar-refractivity contribution >= 4 is 17.9 Å². The highest BCUT2D eigenvalue weighted by atomic mass is 16.6. The second-order valence-electron chi connectivity index (χ2n) is 27.4. The predicted molar refractivity (Wildman–Crippen MR) is 353 cm³/mol. The second-order valence-corrected chi connectivity index (χ2v) is 27.4. The Balaban J connectivity index is 4.27. The second kappa shape index (κ2) is 65.9. The topological polar surface area (TPSA) is 78.9 Å². The molecular formula is C75H146O6. The normalized spacial score (nSPS) is 11.8. The SMILES string of the molecule is CC(C)CCCCCCCCCCCCCCCCCCCCC(=O)OCC(COC(=O)CCCCCCCCCCCCCCCCCCCCC(C)C)OC(=O)CCCCCCCCCCCCCCCCCCCCC(C)C. The van der Waals surface area contributed by atoms with Gasteiger partial charge >= 0.3 is 17.9 Å². The van der Waals surface area contributed by atoms with E-state index in [-0.39, 0.29) is 31.1 Å². The molecule has 0 radical (unpaired) electrons. The third-order valence-corrected chi connectivity index (χ3v) is 17.4. The van der Waals surface area contributed by atoms with Crippen molar-refractivity contribution in [2.45, 2.75) is 433 Å². The maximum Gasteiger partial charge on any atom is 0.306 e. The maximum atomic E-state index is 13.0. The summed E-state index contributed by atoms with van der Waals surface area (Å²) in [4.78, 5) is 38.6. The smallest absolute Gasteiger partial charge is 0.306 e. The van der Waals surface area contributed by atoms with Crippen LogP contribution in [0.25, 0.3) is 0 Å². The number of hydrogen-bond acceptors (Lipinski definition) is 6. The number of carbonyl (C=O) groups excluding carboxylic acids is 3. The molecular weight excluding hydrogens is 997 g/mol. The first-order valence-corrected chi connectivity index (χ1v) is 37.1. The number of unbranched alkanes of at least 4 members (excludes halogenated alkanes) is 51. The molecule has 0 aliphatic rings. The summed E-state index contributed by atoms with van der Waals surface area (Å²) in [6.07, 6.45) is 75.6. The summed E-state index contributed by atoms with van der Waals surface area (Å²) in [7, 11) is 0. The van der Waals surface area contributed by atoms with Crippen molar-refractivity contribution in [1.82, 2.24) is 0 Å². The van der Waals surface area contributed by atoms with Crippen LogP contribution in [0.15, 0.2) is 0 Å². The zero-order valence-corrected chi connectivity index (χ0v) is 56.1. The van der Waals surface area contributed by atoms with Crippen molar-refractivity contribution in [3.05, 3.63) is 0 Å². The van der Waals surface area contributed by atoms with E-state index in [0.717, 1.165) is 75.5 Å². The summed E-state index contributed by atoms with van der Waals surface area (Å²) in [5.74, 6) is 1.75. The fourth-order valence-corrected chi connectivity index (χ4v) is 11.8. The zero-order valence-electron chi connectivity index (χ0n) is 56.1. The number of hydrogen-bond donors (Lipinski definition) is 0. The first kappa shape index (κ1) is 79.4. The van der Waals surface area contributed by atoms with Gasteiger partial charge in [-0.1, -0.05) is 388 Å². The molecule has 0 amide bonds. The summed E-state index contributed by atoms with van der Waals surface area (Å²) in [5, 5.41) is 0. The first-order chi connectivity index (χ1) is 39.6. The molecule has 482 valence electrons. The van der Waals surface area contributed by atoms with Crippen LogP contribution >= 0.6 is 0 Å². The fourth-order valence-electron chi connectivity index (χ4n) is 11.8. The molecule has 0 saturated carbocycles. The van der Waals surface area contributed by atoms with Crippen LogP contribution in [0.1, 0.15) is 427 Å². The van der Waals surface area contributed by atoms with Crippen molar-refractivity contribution < 1.29 is 28.6 Å². The lowest BCUT2D eigenvalue weighted by Crippen LogP contribution is -2.30. The minimum atomic E-state index is -0.766. The quantitative estimate of drug-likeness (QED) is 0.0343. The largest absolute Gasteiger partial charge is 0.462 e. The lowest BCUT2D eigenvalue weighted by Gasteiger charge is -2.18. The molecule has 0 rings (SSSR count). The third-order valence-electron chi connectivity index (χ3n) is 17.4. The van der Waals surface area contributed by atoms with E-state index in [1.807, 2.05) is 0 Å². The Labute approximate surface area is 508 Å². The molecule has 0 bridgehead atoms. The van der Waals surface area contributed by atoms with Crippen molar-refractivity contribution in [3.8, 4) is 0 Å². The highest BCUT2D eigenvalue weighted by Gasteiger charge is 2.20. The van der Waals surface area contributed by atoms with Gasteiger partial charge in [-0.25, -0.2) is 0 Å². The third kappa shape index (κ3) is 69.1. The van der Waals surface area contributed by atoms with Crippen molar-refractivity contribution in [1.29, 1.82) is 0 Å². The molecule has 0 spiro atoms. The molecule has 6 heteroatoms. The Morgan fingerprint density at radius 2 is 0.358 bits per heavy atom. The van der Waals surface area contributed by atoms with E-state index in [2.05, 4.69) is 41.5 Å². The Hall–Kier alpha value is -1.59. The van der Waals surface area contributed by atoms with Crippen LogP contribution in [-0.4, -0.2) is 37.2 Å². The van der Waals surface area contributed by atoms with Crippen LogP contribution in [0, 0.1) is 17.8 Å². The first-order valence-electron chi connectivity index (χ1n) is 37.1. The van der Waals surface area contributed by atoms with Gasteiger partial charge in [0.1, 0.15) is 13.2 Å². The molecule has 0 aliphatic heterocycles. The average molecular weight is 1140 g/mol. The summed E-state index contributed by atoms with van der Waals surface area (Å²) in [6.45, 7) is 13.9. The number of carbonyl (C=O) groups is 3. The van der Waals surface area contributed by atoms with Crippen molar-refractivity contribution in [2.75, 3.05) is 13.2 Å². The van der Waals surface area contributed by atoms with Gasteiger partial charge in [-0.15, -0.1) is 0 Å². The number of rotatable bonds is 68. The zero-order chi connectivity index (χ0) is 59.0. The predicted octanol–water partition coefficient (Wildman–Crippen LogP) is 25.4. The van der Waals surface area contributed by atoms with Gasteiger partial charge in [-0.05, 0) is 37.0 Å². The van der Waals surface area contributed by atoms with Gasteiger partial charge in [0.05, 0.1) is 0 Å². The molecule has 0 aromatic rings. The Morgan fingerprint density at radius 3 is 0.531 bits per heavy atom. The van der Waals surface area contributed by atoms with E-state index < -0.39 is 6.10 Å². The lowest BCUT2D eigenvalue weighted by molar-refractivity contribution is -0.167. The van der Waals surface area contributed by atoms with Crippen LogP contribution in [0.4, 0.5) is 0 Å². The van der Waals surface area contributed by atoms with E-state index in [1.54, 1.807) is 0 Å². The maximum absolute atomic E-state index is 13.0. The van der Waals surface area contributed by atoms with Crippen LogP contribution in [0.5, 0.6) is 0 Å². The standard InChI is InChI=1S/C75H146O6/c1-69(2)61-55-49-43-37-31-25-19-13-7-10-16-22-28-34-40-46-52-58-64-73(76)79-67-72(81-75(78)66-60-54-48-42-36-30-24-18-12-9-15-21-27-33-39-45-51-57-63-71(5)6)68-80-74(77)65-59-53-47-41-35-29-23-17-11-8-14-20-26-32-38-44-50-56-62-70(3)4/h69-72H,7-68H2,1-6H3. The van der Waals surface area contributed by atoms with Crippen molar-refractivity contribution in [3.63, 3.8) is 0 Å². The molecule has 0 N–H and O–H groups in total. The summed E-state index contributed by atoms with van der Waals surface area (Å²) < 4.78 is 17.1. The minimum absolute atomic E-state index is 0.0613. The van der Waals surface area contributed by atoms with Gasteiger partial charge in [0.25, 0.3) is 0 Å². The molecule has 0 aromatic heterocycles. The highest BCUT2D eigenvalue weighted by molar-refractivity contribution is 5.71. The van der Waals surface area contributed by atoms with Crippen LogP contribution in [0.3, 0.4) is 0 Å². The van der Waals surface area contributed by atoms with Gasteiger partial charge < -0.3 is 14.2 Å². The molecule has 0 fully saturated rings. The molecule has 81 heavy (non-hydrogen) atoms. The lowest BCUT2D eigenvalue weighted by atomic mass is 10.0. The molecule has 0 aromatic carbocycles. The molecule has 0 unspecified atom stereocenters. The van der Waals surface area contributed by atoms with Gasteiger partial charge in [-0.2, -0.15) is 0 Å². The molecule has 6 nitrogen and oxygen atoms in total. The Kier molecular flexibility index (Phi) is 64.6. The molecule has 0 aliphatic carbocycles. The Morgan fingerprint density at radius 1 is 0.210 bits per heavy atom. The number of esters is 3. The van der Waals surface area contributed by atoms with Gasteiger partial charge in [0.15, 0.2) is 6.10 Å². The summed E-state index contributed by atoms with van der Waals surface area (Å²) >= 11 is 0. The summed E-state index contributed by atoms with van der Waals surface area (Å²) in [6, 6.07) is 0. The monoisotopic (exact) mass is 1140 g/mol. The van der Waals surface area contributed by atoms with Gasteiger partial charge in [-0.3, -0.25) is 14.4 Å². The molecule has 0 saturated heterocycles. The highest BCUT2D eigenvalue weighted by Crippen LogP contribution is 2.20. The minimum Gasteiger partial charge on any atom is -0.462 e. The van der Waals surface area contributed by atoms with E-state index in [4.69, 9.17) is 14.2 Å². The summed E-state index contributed by atoms with van der Waals surface area (Å²) in [5.41, 5.74) is 0. The Bertz CT molecular complexity index is 1200. The van der Waals surface area contributed by atoms with Gasteiger partial charge in [0, 0.05) is 19.3 Å².